The van der Waals surface area contributed by atoms with Gasteiger partial charge in [0.1, 0.15) is 13.1 Å². The maximum atomic E-state index is 12.4. The molecule has 0 aromatic heterocycles. The van der Waals surface area contributed by atoms with Crippen LogP contribution in [0.3, 0.4) is 0 Å². The molecule has 3 rings (SSSR count). The Morgan fingerprint density at radius 3 is 2.30 bits per heavy atom. The highest BCUT2D eigenvalue weighted by molar-refractivity contribution is 6.03. The van der Waals surface area contributed by atoms with Crippen molar-refractivity contribution < 1.29 is 19.2 Å². The van der Waals surface area contributed by atoms with Crippen molar-refractivity contribution in [2.75, 3.05) is 13.1 Å². The molecule has 1 heterocycles. The highest BCUT2D eigenvalue weighted by Crippen LogP contribution is 2.40. The fraction of sp³-hybridized carbons (Fsp3) is 0.789. The van der Waals surface area contributed by atoms with E-state index >= 15 is 0 Å². The second-order valence-electron chi connectivity index (χ2n) is 8.60. The minimum atomic E-state index is -0.524. The van der Waals surface area contributed by atoms with Crippen molar-refractivity contribution >= 4 is 23.8 Å². The smallest absolute Gasteiger partial charge is 0.325 e. The zero-order valence-electron chi connectivity index (χ0n) is 16.0. The summed E-state index contributed by atoms with van der Waals surface area (Å²) in [5.74, 6) is -0.539. The molecular weight excluding hydrogens is 348 g/mol. The van der Waals surface area contributed by atoms with Crippen molar-refractivity contribution in [1.82, 2.24) is 20.9 Å². The van der Waals surface area contributed by atoms with Crippen LogP contribution in [0, 0.1) is 5.41 Å². The molecule has 1 saturated heterocycles. The predicted molar refractivity (Wildman–Crippen MR) is 98.6 cm³/mol. The first-order valence-electron chi connectivity index (χ1n) is 10.0. The van der Waals surface area contributed by atoms with Crippen LogP contribution in [-0.2, 0) is 14.4 Å². The molecule has 2 aliphatic carbocycles. The van der Waals surface area contributed by atoms with Gasteiger partial charge >= 0.3 is 6.03 Å². The zero-order valence-corrected chi connectivity index (χ0v) is 16.0. The number of urea groups is 1. The van der Waals surface area contributed by atoms with Crippen LogP contribution in [-0.4, -0.2) is 53.8 Å². The van der Waals surface area contributed by atoms with Crippen LogP contribution >= 0.6 is 0 Å². The number of amides is 5. The fourth-order valence-electron chi connectivity index (χ4n) is 4.58. The average molecular weight is 378 g/mol. The van der Waals surface area contributed by atoms with Crippen molar-refractivity contribution in [3.8, 4) is 0 Å². The summed E-state index contributed by atoms with van der Waals surface area (Å²) in [5.41, 5.74) is 0.139. The summed E-state index contributed by atoms with van der Waals surface area (Å²) in [6.07, 6.45) is 8.68. The van der Waals surface area contributed by atoms with Crippen LogP contribution in [0.5, 0.6) is 0 Å². The number of carbonyl (C=O) groups excluding carboxylic acids is 4. The molecule has 0 aromatic rings. The zero-order chi connectivity index (χ0) is 19.4. The number of hydrogen-bond donors (Lipinski definition) is 3. The van der Waals surface area contributed by atoms with Gasteiger partial charge in [-0.25, -0.2) is 4.79 Å². The molecule has 3 N–H and O–H groups in total. The maximum Gasteiger partial charge on any atom is 0.325 e. The van der Waals surface area contributed by atoms with Gasteiger partial charge in [0, 0.05) is 18.5 Å². The summed E-state index contributed by atoms with van der Waals surface area (Å²) in [6, 6.07) is -0.456. The van der Waals surface area contributed by atoms with Crippen LogP contribution in [0.15, 0.2) is 0 Å². The molecule has 0 unspecified atom stereocenters. The highest BCUT2D eigenvalue weighted by Gasteiger charge is 2.33. The molecule has 0 radical (unpaired) electrons. The molecule has 27 heavy (non-hydrogen) atoms. The molecule has 8 heteroatoms. The number of rotatable bonds is 6. The molecule has 3 aliphatic rings. The van der Waals surface area contributed by atoms with E-state index in [1.54, 1.807) is 0 Å². The summed E-state index contributed by atoms with van der Waals surface area (Å²) >= 11 is 0. The van der Waals surface area contributed by atoms with Gasteiger partial charge in [-0.1, -0.05) is 19.8 Å². The lowest BCUT2D eigenvalue weighted by atomic mass is 9.84. The number of nitrogens with one attached hydrogen (secondary N) is 3. The highest BCUT2D eigenvalue weighted by atomic mass is 16.2. The quantitative estimate of drug-likeness (QED) is 0.601. The molecular formula is C19H30N4O4. The maximum absolute atomic E-state index is 12.4. The van der Waals surface area contributed by atoms with Gasteiger partial charge in [-0.15, -0.1) is 0 Å². The number of hydrogen-bond acceptors (Lipinski definition) is 4. The van der Waals surface area contributed by atoms with E-state index in [4.69, 9.17) is 0 Å². The molecule has 1 aliphatic heterocycles. The van der Waals surface area contributed by atoms with E-state index in [1.165, 1.54) is 17.7 Å². The minimum absolute atomic E-state index is 0.0139. The summed E-state index contributed by atoms with van der Waals surface area (Å²) in [5, 5.41) is 8.25. The lowest BCUT2D eigenvalue weighted by molar-refractivity contribution is -0.124. The van der Waals surface area contributed by atoms with E-state index in [1.807, 2.05) is 0 Å². The minimum Gasteiger partial charge on any atom is -0.353 e. The molecule has 0 aromatic carbocycles. The largest absolute Gasteiger partial charge is 0.353 e. The van der Waals surface area contributed by atoms with E-state index in [0.29, 0.717) is 12.8 Å². The molecule has 8 nitrogen and oxygen atoms in total. The lowest BCUT2D eigenvalue weighted by Crippen LogP contribution is -2.48. The molecule has 0 spiro atoms. The predicted octanol–water partition coefficient (Wildman–Crippen LogP) is 1.05. The Balaban J connectivity index is 1.42. The molecule has 5 amide bonds. The van der Waals surface area contributed by atoms with Gasteiger partial charge in [0.15, 0.2) is 0 Å². The molecule has 2 saturated carbocycles. The van der Waals surface area contributed by atoms with E-state index in [0.717, 1.165) is 32.1 Å². The van der Waals surface area contributed by atoms with E-state index < -0.39 is 6.03 Å². The van der Waals surface area contributed by atoms with Crippen molar-refractivity contribution in [2.45, 2.75) is 76.8 Å². The third-order valence-electron chi connectivity index (χ3n) is 6.00. The van der Waals surface area contributed by atoms with Crippen LogP contribution in [0.4, 0.5) is 4.79 Å². The first-order chi connectivity index (χ1) is 12.8. The normalized spacial score (nSPS) is 27.4. The van der Waals surface area contributed by atoms with Crippen molar-refractivity contribution in [3.05, 3.63) is 0 Å². The van der Waals surface area contributed by atoms with Crippen molar-refractivity contribution in [1.29, 1.82) is 0 Å². The van der Waals surface area contributed by atoms with Crippen LogP contribution in [0.25, 0.3) is 0 Å². The second kappa shape index (κ2) is 8.27. The second-order valence-corrected chi connectivity index (χ2v) is 8.60. The fourth-order valence-corrected chi connectivity index (χ4v) is 4.58. The van der Waals surface area contributed by atoms with Crippen LogP contribution in [0.2, 0.25) is 0 Å². The molecule has 2 atom stereocenters. The molecule has 3 fully saturated rings. The Morgan fingerprint density at radius 2 is 1.70 bits per heavy atom. The standard InChI is InChI=1S/C19H30N4O4/c1-19(7-2-3-8-19)10-15(24)20-13-5-4-6-14(9-13)21-16(25)11-23-12-17(26)22-18(23)27/h13-14H,2-12H2,1H3,(H,20,24)(H,21,25)(H,22,26,27)/t13-,14-/m1/s1. The Bertz CT molecular complexity index is 615. The van der Waals surface area contributed by atoms with Gasteiger partial charge in [0.05, 0.1) is 0 Å². The number of nitrogens with zero attached hydrogens (tertiary/aromatic N) is 1. The van der Waals surface area contributed by atoms with Gasteiger partial charge < -0.3 is 15.5 Å². The monoisotopic (exact) mass is 378 g/mol. The SMILES string of the molecule is CC1(CC(=O)N[C@@H]2CCC[C@@H](NC(=O)CN3CC(=O)NC3=O)C2)CCCC1. The van der Waals surface area contributed by atoms with Crippen molar-refractivity contribution in [2.24, 2.45) is 5.41 Å². The van der Waals surface area contributed by atoms with E-state index in [2.05, 4.69) is 22.9 Å². The van der Waals surface area contributed by atoms with Crippen molar-refractivity contribution in [3.63, 3.8) is 0 Å². The summed E-state index contributed by atoms with van der Waals surface area (Å²) in [6.45, 7) is 2.00. The number of carbonyl (C=O) groups is 4. The van der Waals surface area contributed by atoms with Gasteiger partial charge in [-0.3, -0.25) is 19.7 Å². The Morgan fingerprint density at radius 1 is 1.07 bits per heavy atom. The Hall–Kier alpha value is -2.12. The van der Waals surface area contributed by atoms with Crippen LogP contribution < -0.4 is 16.0 Å². The van der Waals surface area contributed by atoms with Gasteiger partial charge in [0.2, 0.25) is 17.7 Å². The third-order valence-corrected chi connectivity index (χ3v) is 6.00. The molecule has 0 bridgehead atoms. The number of imide groups is 1. The first kappa shape index (κ1) is 19.6. The van der Waals surface area contributed by atoms with Gasteiger partial charge in [-0.05, 0) is 43.9 Å². The summed E-state index contributed by atoms with van der Waals surface area (Å²) in [7, 11) is 0. The van der Waals surface area contributed by atoms with Crippen LogP contribution in [0.1, 0.15) is 64.7 Å². The third kappa shape index (κ3) is 5.43. The van der Waals surface area contributed by atoms with Gasteiger partial charge in [0.25, 0.3) is 0 Å². The summed E-state index contributed by atoms with van der Waals surface area (Å²) in [4.78, 5) is 48.5. The first-order valence-corrected chi connectivity index (χ1v) is 10.0. The summed E-state index contributed by atoms with van der Waals surface area (Å²) < 4.78 is 0. The average Bonchev–Trinajstić information content (AvgIpc) is 3.12. The lowest BCUT2D eigenvalue weighted by Gasteiger charge is -2.32. The van der Waals surface area contributed by atoms with E-state index in [9.17, 15) is 19.2 Å². The van der Waals surface area contributed by atoms with E-state index in [-0.39, 0.29) is 48.3 Å². The Kier molecular flexibility index (Phi) is 6.01. The topological polar surface area (TPSA) is 108 Å². The van der Waals surface area contributed by atoms with Gasteiger partial charge in [-0.2, -0.15) is 0 Å². The molecule has 150 valence electrons. The Labute approximate surface area is 159 Å².